The molecule has 5 aliphatic rings. The Bertz CT molecular complexity index is 3220. The SMILES string of the molecule is COCCOC(=O)N1C(=O)[C@@]2(c3cc(C#CCN(C)Cc4ccccc4)ccc31)[C@H](c1ccccc1OCCO)N1[C@H](c3ccccc3)[C@H](c3ccccc3)OC(=O)[C@H]1[C@@H]2C(=O)N1CCN(Cc2ccc3c(c2)OCO3)CC1. The highest BCUT2D eigenvalue weighted by Crippen LogP contribution is 2.67. The maximum Gasteiger partial charge on any atom is 0.421 e. The number of hydrogen-bond donors (Lipinski definition) is 1. The number of ether oxygens (including phenoxy) is 6. The van der Waals surface area contributed by atoms with E-state index in [-0.39, 0.29) is 52.0 Å². The average Bonchev–Trinajstić information content (AvgIpc) is 3.60. The number of methoxy groups -OCH3 is 1. The molecule has 0 aromatic heterocycles. The summed E-state index contributed by atoms with van der Waals surface area (Å²) in [6.45, 7) is 2.75. The van der Waals surface area contributed by atoms with E-state index in [2.05, 4.69) is 33.8 Å². The molecule has 6 aromatic rings. The number of morpholine rings is 1. The van der Waals surface area contributed by atoms with E-state index in [0.717, 1.165) is 21.6 Å². The lowest BCUT2D eigenvalue weighted by Crippen LogP contribution is -2.59. The molecule has 0 bridgehead atoms. The lowest BCUT2D eigenvalue weighted by molar-refractivity contribution is -0.179. The first-order valence-electron chi connectivity index (χ1n) is 26.4. The number of esters is 1. The zero-order valence-corrected chi connectivity index (χ0v) is 43.6. The van der Waals surface area contributed by atoms with E-state index in [0.29, 0.717) is 72.2 Å². The lowest BCUT2D eigenvalue weighted by atomic mass is 9.64. The fourth-order valence-electron chi connectivity index (χ4n) is 12.0. The monoisotopic (exact) mass is 1050 g/mol. The highest BCUT2D eigenvalue weighted by molar-refractivity contribution is 6.23. The third kappa shape index (κ3) is 9.84. The van der Waals surface area contributed by atoms with E-state index in [1.54, 1.807) is 35.2 Å². The Hall–Kier alpha value is -8.04. The van der Waals surface area contributed by atoms with Crippen molar-refractivity contribution in [2.45, 2.75) is 42.7 Å². The third-order valence-electron chi connectivity index (χ3n) is 15.4. The highest BCUT2D eigenvalue weighted by Gasteiger charge is 2.76. The number of amides is 3. The van der Waals surface area contributed by atoms with Crippen LogP contribution in [0.3, 0.4) is 0 Å². The van der Waals surface area contributed by atoms with Gasteiger partial charge in [0.25, 0.3) is 0 Å². The van der Waals surface area contributed by atoms with Crippen LogP contribution in [-0.2, 0) is 47.1 Å². The summed E-state index contributed by atoms with van der Waals surface area (Å²) in [6, 6.07) is 44.0. The highest BCUT2D eigenvalue weighted by atomic mass is 16.7. The van der Waals surface area contributed by atoms with Gasteiger partial charge in [0.2, 0.25) is 18.6 Å². The molecule has 1 N–H and O–H groups in total. The van der Waals surface area contributed by atoms with Gasteiger partial charge in [0.15, 0.2) is 11.5 Å². The lowest BCUT2D eigenvalue weighted by Gasteiger charge is -2.46. The summed E-state index contributed by atoms with van der Waals surface area (Å²) in [5, 5.41) is 10.2. The smallest absolute Gasteiger partial charge is 0.421 e. The van der Waals surface area contributed by atoms with Crippen LogP contribution in [0.1, 0.15) is 57.1 Å². The minimum atomic E-state index is -2.07. The maximum absolute atomic E-state index is 16.8. The molecule has 0 aliphatic carbocycles. The Morgan fingerprint density at radius 1 is 0.756 bits per heavy atom. The number of nitrogens with zero attached hydrogens (tertiary/aromatic N) is 5. The number of aliphatic hydroxyl groups excluding tert-OH is 1. The second-order valence-corrected chi connectivity index (χ2v) is 20.1. The summed E-state index contributed by atoms with van der Waals surface area (Å²) >= 11 is 0. The van der Waals surface area contributed by atoms with Crippen LogP contribution in [0, 0.1) is 17.8 Å². The number of rotatable bonds is 15. The van der Waals surface area contributed by atoms with Crippen LogP contribution in [0.4, 0.5) is 10.5 Å². The van der Waals surface area contributed by atoms with Crippen molar-refractivity contribution in [1.82, 2.24) is 19.6 Å². The van der Waals surface area contributed by atoms with Crippen molar-refractivity contribution in [3.8, 4) is 29.1 Å². The molecule has 0 saturated carbocycles. The van der Waals surface area contributed by atoms with Gasteiger partial charge >= 0.3 is 12.1 Å². The molecular formula is C62H61N5O11. The number of carbonyl (C=O) groups is 4. The Labute approximate surface area is 453 Å². The van der Waals surface area contributed by atoms with Crippen molar-refractivity contribution in [3.63, 3.8) is 0 Å². The number of carbonyl (C=O) groups excluding carboxylic acids is 4. The number of para-hydroxylation sites is 1. The minimum Gasteiger partial charge on any atom is -0.491 e. The molecular weight excluding hydrogens is 991 g/mol. The van der Waals surface area contributed by atoms with Crippen LogP contribution in [0.2, 0.25) is 0 Å². The minimum absolute atomic E-state index is 0.0558. The van der Waals surface area contributed by atoms with Crippen molar-refractivity contribution in [3.05, 3.63) is 191 Å². The fraction of sp³-hybridized carbons (Fsp3) is 0.323. The summed E-state index contributed by atoms with van der Waals surface area (Å²) in [5.41, 5.74) is 3.00. The molecule has 6 atom stereocenters. The third-order valence-corrected chi connectivity index (χ3v) is 15.4. The predicted molar refractivity (Wildman–Crippen MR) is 288 cm³/mol. The number of fused-ring (bicyclic) bond motifs is 4. The molecule has 78 heavy (non-hydrogen) atoms. The number of piperazine rings is 1. The van der Waals surface area contributed by atoms with Crippen LogP contribution >= 0.6 is 0 Å². The normalized spacial score (nSPS) is 22.4. The summed E-state index contributed by atoms with van der Waals surface area (Å²) in [6.07, 6.45) is -1.91. The summed E-state index contributed by atoms with van der Waals surface area (Å²) in [4.78, 5) is 73.0. The molecule has 5 aliphatic heterocycles. The van der Waals surface area contributed by atoms with E-state index >= 15 is 14.4 Å². The van der Waals surface area contributed by atoms with Gasteiger partial charge in [-0.25, -0.2) is 9.69 Å². The molecule has 0 radical (unpaired) electrons. The Balaban J connectivity index is 1.10. The van der Waals surface area contributed by atoms with Crippen LogP contribution in [-0.4, -0.2) is 135 Å². The number of anilines is 1. The predicted octanol–water partition coefficient (Wildman–Crippen LogP) is 7.06. The van der Waals surface area contributed by atoms with Gasteiger partial charge in [0, 0.05) is 57.5 Å². The molecule has 11 rings (SSSR count). The van der Waals surface area contributed by atoms with Crippen LogP contribution < -0.4 is 19.1 Å². The first-order chi connectivity index (χ1) is 38.2. The summed E-state index contributed by atoms with van der Waals surface area (Å²) in [5.74, 6) is 4.92. The van der Waals surface area contributed by atoms with Crippen molar-refractivity contribution in [1.29, 1.82) is 0 Å². The van der Waals surface area contributed by atoms with Gasteiger partial charge in [-0.05, 0) is 71.3 Å². The number of benzene rings is 6. The van der Waals surface area contributed by atoms with E-state index < -0.39 is 59.4 Å². The van der Waals surface area contributed by atoms with Crippen LogP contribution in [0.5, 0.6) is 17.2 Å². The number of imide groups is 1. The van der Waals surface area contributed by atoms with E-state index in [4.69, 9.17) is 28.4 Å². The van der Waals surface area contributed by atoms with E-state index in [1.165, 1.54) is 7.11 Å². The Morgan fingerprint density at radius 3 is 2.21 bits per heavy atom. The molecule has 16 heteroatoms. The van der Waals surface area contributed by atoms with Crippen molar-refractivity contribution in [2.75, 3.05) is 85.0 Å². The van der Waals surface area contributed by atoms with Crippen molar-refractivity contribution >= 4 is 29.6 Å². The first-order valence-corrected chi connectivity index (χ1v) is 26.4. The van der Waals surface area contributed by atoms with Crippen LogP contribution in [0.15, 0.2) is 152 Å². The van der Waals surface area contributed by atoms with Gasteiger partial charge in [-0.15, -0.1) is 0 Å². The molecule has 400 valence electrons. The molecule has 6 aromatic carbocycles. The zero-order valence-electron chi connectivity index (χ0n) is 43.6. The second kappa shape index (κ2) is 22.9. The molecule has 3 fully saturated rings. The Kier molecular flexibility index (Phi) is 15.3. The quantitative estimate of drug-likeness (QED) is 0.0633. The summed E-state index contributed by atoms with van der Waals surface area (Å²) < 4.78 is 35.4. The largest absolute Gasteiger partial charge is 0.491 e. The standard InChI is InChI=1S/C62H61N5O11/c1-63(39-43-15-6-3-7-16-43)28-14-17-42-24-26-49-48(37-42)62(60(71)66(49)61(72)75-36-35-73-2)53(58(69)65-31-29-64(30-32-65)40-44-25-27-51-52(38-44)77-41-76-51)55-59(70)78-56(46-20-10-5-11-21-46)54(45-18-8-4-9-19-45)67(55)57(62)47-22-12-13-23-50(47)74-34-33-68/h3-13,15-16,18-27,37-38,53-57,68H,28-36,39-41H2,1-2H3/t53-,54-,55-,56+,57+,62-/m1/s1. The molecule has 3 amide bonds. The maximum atomic E-state index is 16.8. The number of hydrogen-bond acceptors (Lipinski definition) is 14. The number of aliphatic hydroxyl groups is 1. The summed E-state index contributed by atoms with van der Waals surface area (Å²) in [7, 11) is 3.47. The van der Waals surface area contributed by atoms with Gasteiger partial charge in [-0.3, -0.25) is 29.1 Å². The average molecular weight is 1050 g/mol. The molecule has 5 heterocycles. The first kappa shape index (κ1) is 52.0. The molecule has 16 nitrogen and oxygen atoms in total. The van der Waals surface area contributed by atoms with E-state index in [9.17, 15) is 9.90 Å². The van der Waals surface area contributed by atoms with E-state index in [1.807, 2.05) is 121 Å². The van der Waals surface area contributed by atoms with Gasteiger partial charge in [-0.1, -0.05) is 127 Å². The van der Waals surface area contributed by atoms with Gasteiger partial charge < -0.3 is 38.4 Å². The van der Waals surface area contributed by atoms with Crippen molar-refractivity contribution in [2.24, 2.45) is 5.92 Å². The topological polar surface area (TPSA) is 160 Å². The fourth-order valence-corrected chi connectivity index (χ4v) is 12.0. The molecule has 3 saturated heterocycles. The zero-order chi connectivity index (χ0) is 53.8. The number of cyclic esters (lactones) is 1. The van der Waals surface area contributed by atoms with Gasteiger partial charge in [0.05, 0.1) is 43.4 Å². The van der Waals surface area contributed by atoms with Gasteiger partial charge in [-0.2, -0.15) is 0 Å². The van der Waals surface area contributed by atoms with Crippen LogP contribution in [0.25, 0.3) is 0 Å². The second-order valence-electron chi connectivity index (χ2n) is 20.1. The Morgan fingerprint density at radius 2 is 1.46 bits per heavy atom. The molecule has 0 unspecified atom stereocenters. The van der Waals surface area contributed by atoms with Gasteiger partial charge in [0.1, 0.15) is 36.5 Å². The molecule has 1 spiro atoms. The van der Waals surface area contributed by atoms with Crippen molar-refractivity contribution < 1.29 is 52.7 Å².